The Kier molecular flexibility index (Phi) is 3.87. The first kappa shape index (κ1) is 9.01. The molecule has 2 N–H and O–H groups in total. The van der Waals surface area contributed by atoms with Crippen molar-refractivity contribution in [2.45, 2.75) is 38.7 Å². The van der Waals surface area contributed by atoms with Crippen LogP contribution in [0.3, 0.4) is 0 Å². The van der Waals surface area contributed by atoms with E-state index in [1.54, 1.807) is 0 Å². The van der Waals surface area contributed by atoms with Gasteiger partial charge in [-0.05, 0) is 31.7 Å². The first-order valence-electron chi connectivity index (χ1n) is 4.68. The van der Waals surface area contributed by atoms with Crippen LogP contribution >= 0.6 is 0 Å². The maximum Gasteiger partial charge on any atom is 0.0578 e. The zero-order chi connectivity index (χ0) is 8.10. The van der Waals surface area contributed by atoms with E-state index in [0.29, 0.717) is 6.10 Å². The molecule has 0 aromatic carbocycles. The monoisotopic (exact) mass is 157 g/mol. The third-order valence-electron chi connectivity index (χ3n) is 2.42. The number of ether oxygens (including phenoxy) is 1. The average molecular weight is 157 g/mol. The Labute approximate surface area is 69.1 Å². The van der Waals surface area contributed by atoms with E-state index in [1.165, 1.54) is 19.3 Å². The van der Waals surface area contributed by atoms with Crippen LogP contribution in [0.4, 0.5) is 0 Å². The predicted molar refractivity (Wildman–Crippen MR) is 46.4 cm³/mol. The summed E-state index contributed by atoms with van der Waals surface area (Å²) in [6.45, 7) is 3.96. The summed E-state index contributed by atoms with van der Waals surface area (Å²) in [4.78, 5) is 0. The van der Waals surface area contributed by atoms with Crippen molar-refractivity contribution in [2.75, 3.05) is 13.2 Å². The quantitative estimate of drug-likeness (QED) is 0.674. The molecule has 0 spiro atoms. The van der Waals surface area contributed by atoms with Gasteiger partial charge in [-0.25, -0.2) is 0 Å². The van der Waals surface area contributed by atoms with Gasteiger partial charge in [-0.3, -0.25) is 0 Å². The Hall–Kier alpha value is -0.0800. The van der Waals surface area contributed by atoms with Crippen LogP contribution in [-0.2, 0) is 4.74 Å². The molecular formula is C9H19NO. The predicted octanol–water partition coefficient (Wildman–Crippen LogP) is 1.54. The minimum absolute atomic E-state index is 0.502. The maximum absolute atomic E-state index is 5.61. The highest BCUT2D eigenvalue weighted by Crippen LogP contribution is 2.21. The molecule has 0 amide bonds. The van der Waals surface area contributed by atoms with Gasteiger partial charge in [0.25, 0.3) is 0 Å². The fourth-order valence-electron chi connectivity index (χ4n) is 1.70. The van der Waals surface area contributed by atoms with Gasteiger partial charge >= 0.3 is 0 Å². The van der Waals surface area contributed by atoms with Crippen LogP contribution in [0, 0.1) is 5.92 Å². The normalized spacial score (nSPS) is 32.2. The Morgan fingerprint density at radius 1 is 1.55 bits per heavy atom. The molecule has 0 radical (unpaired) electrons. The second-order valence-corrected chi connectivity index (χ2v) is 3.41. The van der Waals surface area contributed by atoms with Crippen LogP contribution in [0.25, 0.3) is 0 Å². The summed E-state index contributed by atoms with van der Waals surface area (Å²) in [7, 11) is 0. The molecule has 66 valence electrons. The molecule has 0 aromatic heterocycles. The zero-order valence-electron chi connectivity index (χ0n) is 7.38. The van der Waals surface area contributed by atoms with Crippen molar-refractivity contribution >= 4 is 0 Å². The Balaban J connectivity index is 2.21. The Bertz CT molecular complexity index is 104. The number of rotatable bonds is 3. The molecule has 1 rings (SSSR count). The first-order chi connectivity index (χ1) is 5.36. The van der Waals surface area contributed by atoms with Crippen molar-refractivity contribution in [3.63, 3.8) is 0 Å². The maximum atomic E-state index is 5.61. The molecular weight excluding hydrogens is 138 g/mol. The zero-order valence-corrected chi connectivity index (χ0v) is 7.38. The summed E-state index contributed by atoms with van der Waals surface area (Å²) in [5.41, 5.74) is 5.61. The first-order valence-corrected chi connectivity index (χ1v) is 4.68. The van der Waals surface area contributed by atoms with Crippen LogP contribution in [0.5, 0.6) is 0 Å². The van der Waals surface area contributed by atoms with Crippen molar-refractivity contribution < 1.29 is 4.74 Å². The fourth-order valence-corrected chi connectivity index (χ4v) is 1.70. The highest BCUT2D eigenvalue weighted by atomic mass is 16.5. The summed E-state index contributed by atoms with van der Waals surface area (Å²) in [5.74, 6) is 0.722. The van der Waals surface area contributed by atoms with Gasteiger partial charge < -0.3 is 10.5 Å². The van der Waals surface area contributed by atoms with E-state index < -0.39 is 0 Å². The lowest BCUT2D eigenvalue weighted by atomic mass is 9.94. The van der Waals surface area contributed by atoms with Crippen LogP contribution in [0.2, 0.25) is 0 Å². The molecule has 2 nitrogen and oxygen atoms in total. The molecule has 0 aliphatic carbocycles. The highest BCUT2D eigenvalue weighted by molar-refractivity contribution is 4.71. The van der Waals surface area contributed by atoms with Gasteiger partial charge in [-0.15, -0.1) is 0 Å². The minimum Gasteiger partial charge on any atom is -0.378 e. The lowest BCUT2D eigenvalue weighted by Gasteiger charge is -2.28. The summed E-state index contributed by atoms with van der Waals surface area (Å²) in [6.07, 6.45) is 5.28. The van der Waals surface area contributed by atoms with E-state index in [1.807, 2.05) is 0 Å². The summed E-state index contributed by atoms with van der Waals surface area (Å²) in [6, 6.07) is 0. The van der Waals surface area contributed by atoms with Crippen molar-refractivity contribution in [3.8, 4) is 0 Å². The van der Waals surface area contributed by atoms with Crippen LogP contribution in [0.15, 0.2) is 0 Å². The summed E-state index contributed by atoms with van der Waals surface area (Å²) in [5, 5.41) is 0. The van der Waals surface area contributed by atoms with Crippen molar-refractivity contribution in [2.24, 2.45) is 11.7 Å². The SMILES string of the molecule is CCCC1CC(CN)CCO1. The summed E-state index contributed by atoms with van der Waals surface area (Å²) >= 11 is 0. The largest absolute Gasteiger partial charge is 0.378 e. The topological polar surface area (TPSA) is 35.2 Å². The van der Waals surface area contributed by atoms with E-state index in [4.69, 9.17) is 10.5 Å². The molecule has 2 atom stereocenters. The second kappa shape index (κ2) is 4.73. The minimum atomic E-state index is 0.502. The molecule has 0 bridgehead atoms. The second-order valence-electron chi connectivity index (χ2n) is 3.41. The molecule has 1 heterocycles. The van der Waals surface area contributed by atoms with Gasteiger partial charge in [0, 0.05) is 6.61 Å². The smallest absolute Gasteiger partial charge is 0.0578 e. The van der Waals surface area contributed by atoms with E-state index in [-0.39, 0.29) is 0 Å². The molecule has 1 fully saturated rings. The van der Waals surface area contributed by atoms with Crippen LogP contribution < -0.4 is 5.73 Å². The van der Waals surface area contributed by atoms with Gasteiger partial charge in [0.2, 0.25) is 0 Å². The molecule has 1 saturated heterocycles. The van der Waals surface area contributed by atoms with Gasteiger partial charge in [0.05, 0.1) is 6.10 Å². The molecule has 11 heavy (non-hydrogen) atoms. The van der Waals surface area contributed by atoms with Gasteiger partial charge in [-0.1, -0.05) is 13.3 Å². The molecule has 1 aliphatic heterocycles. The third-order valence-corrected chi connectivity index (χ3v) is 2.42. The van der Waals surface area contributed by atoms with E-state index >= 15 is 0 Å². The van der Waals surface area contributed by atoms with Crippen LogP contribution in [0.1, 0.15) is 32.6 Å². The number of nitrogens with two attached hydrogens (primary N) is 1. The van der Waals surface area contributed by atoms with Gasteiger partial charge in [0.15, 0.2) is 0 Å². The molecule has 1 aliphatic rings. The van der Waals surface area contributed by atoms with E-state index in [2.05, 4.69) is 6.92 Å². The van der Waals surface area contributed by atoms with Crippen molar-refractivity contribution in [1.82, 2.24) is 0 Å². The molecule has 2 heteroatoms. The number of hydrogen-bond donors (Lipinski definition) is 1. The third kappa shape index (κ3) is 2.80. The van der Waals surface area contributed by atoms with Crippen molar-refractivity contribution in [1.29, 1.82) is 0 Å². The summed E-state index contributed by atoms with van der Waals surface area (Å²) < 4.78 is 5.59. The van der Waals surface area contributed by atoms with E-state index in [0.717, 1.165) is 25.5 Å². The lowest BCUT2D eigenvalue weighted by Crippen LogP contribution is -2.29. The van der Waals surface area contributed by atoms with Crippen LogP contribution in [-0.4, -0.2) is 19.3 Å². The molecule has 0 saturated carbocycles. The van der Waals surface area contributed by atoms with E-state index in [9.17, 15) is 0 Å². The standard InChI is InChI=1S/C9H19NO/c1-2-3-9-6-8(7-10)4-5-11-9/h8-9H,2-7,10H2,1H3. The fraction of sp³-hybridized carbons (Fsp3) is 1.00. The van der Waals surface area contributed by atoms with Gasteiger partial charge in [-0.2, -0.15) is 0 Å². The van der Waals surface area contributed by atoms with Crippen molar-refractivity contribution in [3.05, 3.63) is 0 Å². The Morgan fingerprint density at radius 3 is 3.00 bits per heavy atom. The average Bonchev–Trinajstić information content (AvgIpc) is 2.06. The molecule has 2 unspecified atom stereocenters. The molecule has 0 aromatic rings. The number of hydrogen-bond acceptors (Lipinski definition) is 2. The van der Waals surface area contributed by atoms with Gasteiger partial charge in [0.1, 0.15) is 0 Å². The Morgan fingerprint density at radius 2 is 2.36 bits per heavy atom. The lowest BCUT2D eigenvalue weighted by molar-refractivity contribution is -0.0114. The highest BCUT2D eigenvalue weighted by Gasteiger charge is 2.20.